The molecule has 116 valence electrons. The third-order valence-corrected chi connectivity index (χ3v) is 3.04. The van der Waals surface area contributed by atoms with Gasteiger partial charge < -0.3 is 20.7 Å². The molecule has 0 fully saturated rings. The fourth-order valence-electron chi connectivity index (χ4n) is 1.56. The number of nitrogens with one attached hydrogen (secondary N) is 3. The average molecular weight is 313 g/mol. The number of hydrogen-bond acceptors (Lipinski definition) is 3. The first-order valence-electron chi connectivity index (χ1n) is 6.61. The molecule has 0 heterocycles. The van der Waals surface area contributed by atoms with Crippen LogP contribution >= 0.6 is 11.6 Å². The Labute approximate surface area is 129 Å². The lowest BCUT2D eigenvalue weighted by molar-refractivity contribution is -0.120. The summed E-state index contributed by atoms with van der Waals surface area (Å²) in [6.45, 7) is 1.66. The lowest BCUT2D eigenvalue weighted by Crippen LogP contribution is -2.43. The number of guanidine groups is 1. The average Bonchev–Trinajstić information content (AvgIpc) is 2.49. The Morgan fingerprint density at radius 1 is 1.29 bits per heavy atom. The summed E-state index contributed by atoms with van der Waals surface area (Å²) in [5, 5.41) is 9.44. The van der Waals surface area contributed by atoms with E-state index >= 15 is 0 Å². The molecule has 0 aromatic heterocycles. The van der Waals surface area contributed by atoms with Gasteiger partial charge in [0, 0.05) is 32.3 Å². The lowest BCUT2D eigenvalue weighted by atomic mass is 10.2. The fourth-order valence-corrected chi connectivity index (χ4v) is 1.76. The van der Waals surface area contributed by atoms with Crippen molar-refractivity contribution >= 4 is 23.5 Å². The van der Waals surface area contributed by atoms with E-state index in [1.807, 2.05) is 24.3 Å². The first kappa shape index (κ1) is 17.3. The molecule has 0 aliphatic heterocycles. The van der Waals surface area contributed by atoms with Gasteiger partial charge in [-0.1, -0.05) is 29.8 Å². The van der Waals surface area contributed by atoms with Crippen molar-refractivity contribution in [1.82, 2.24) is 16.0 Å². The topological polar surface area (TPSA) is 74.8 Å². The highest BCUT2D eigenvalue weighted by molar-refractivity contribution is 6.31. The molecule has 1 aromatic carbocycles. The summed E-state index contributed by atoms with van der Waals surface area (Å²) in [6, 6.07) is 7.56. The summed E-state index contributed by atoms with van der Waals surface area (Å²) >= 11 is 6.07. The molecule has 0 bridgehead atoms. The molecule has 21 heavy (non-hydrogen) atoms. The van der Waals surface area contributed by atoms with E-state index in [9.17, 15) is 4.79 Å². The van der Waals surface area contributed by atoms with Gasteiger partial charge in [0.1, 0.15) is 0 Å². The quantitative estimate of drug-likeness (QED) is 0.395. The number of ether oxygens (including phenoxy) is 1. The van der Waals surface area contributed by atoms with Crippen molar-refractivity contribution in [3.8, 4) is 0 Å². The van der Waals surface area contributed by atoms with Gasteiger partial charge in [0.25, 0.3) is 0 Å². The van der Waals surface area contributed by atoms with Gasteiger partial charge in [0.15, 0.2) is 5.96 Å². The highest BCUT2D eigenvalue weighted by Gasteiger charge is 2.04. The fraction of sp³-hybridized carbons (Fsp3) is 0.429. The van der Waals surface area contributed by atoms with E-state index in [1.54, 1.807) is 14.2 Å². The summed E-state index contributed by atoms with van der Waals surface area (Å²) in [4.78, 5) is 15.6. The molecule has 6 nitrogen and oxygen atoms in total. The Bertz CT molecular complexity index is 480. The van der Waals surface area contributed by atoms with Gasteiger partial charge >= 0.3 is 0 Å². The maximum Gasteiger partial charge on any atom is 0.239 e. The summed E-state index contributed by atoms with van der Waals surface area (Å²) in [6.07, 6.45) is 0. The zero-order valence-corrected chi connectivity index (χ0v) is 13.0. The van der Waals surface area contributed by atoms with Gasteiger partial charge in [-0.05, 0) is 11.6 Å². The molecule has 0 radical (unpaired) electrons. The highest BCUT2D eigenvalue weighted by atomic mass is 35.5. The van der Waals surface area contributed by atoms with Crippen molar-refractivity contribution in [3.05, 3.63) is 34.9 Å². The standard InChI is InChI=1S/C14H21ClN4O2/c1-16-14(19-10-13(20)17-7-8-21-2)18-9-11-5-3-4-6-12(11)15/h3-6H,7-10H2,1-2H3,(H,17,20)(H2,16,18,19). The van der Waals surface area contributed by atoms with Crippen molar-refractivity contribution < 1.29 is 9.53 Å². The minimum atomic E-state index is -0.118. The number of nitrogens with zero attached hydrogens (tertiary/aromatic N) is 1. The molecule has 1 aromatic rings. The predicted octanol–water partition coefficient (Wildman–Crippen LogP) is 0.768. The van der Waals surface area contributed by atoms with E-state index in [1.165, 1.54) is 0 Å². The smallest absolute Gasteiger partial charge is 0.239 e. The molecule has 0 unspecified atom stereocenters. The number of benzene rings is 1. The molecular weight excluding hydrogens is 292 g/mol. The minimum absolute atomic E-state index is 0.118. The molecule has 0 aliphatic rings. The summed E-state index contributed by atoms with van der Waals surface area (Å²) < 4.78 is 4.85. The van der Waals surface area contributed by atoms with Gasteiger partial charge in [-0.3, -0.25) is 9.79 Å². The van der Waals surface area contributed by atoms with Crippen LogP contribution in [-0.4, -0.2) is 45.7 Å². The number of rotatable bonds is 7. The molecule has 0 saturated heterocycles. The van der Waals surface area contributed by atoms with Gasteiger partial charge in [0.05, 0.1) is 13.2 Å². The second-order valence-corrected chi connectivity index (χ2v) is 4.62. The number of amides is 1. The number of carbonyl (C=O) groups is 1. The van der Waals surface area contributed by atoms with Crippen LogP contribution in [0.25, 0.3) is 0 Å². The van der Waals surface area contributed by atoms with Crippen LogP contribution in [-0.2, 0) is 16.1 Å². The minimum Gasteiger partial charge on any atom is -0.383 e. The molecular formula is C14H21ClN4O2. The van der Waals surface area contributed by atoms with Crippen molar-refractivity contribution in [2.75, 3.05) is 33.9 Å². The second kappa shape index (κ2) is 10.0. The molecule has 0 atom stereocenters. The van der Waals surface area contributed by atoms with Crippen LogP contribution in [0.2, 0.25) is 5.02 Å². The van der Waals surface area contributed by atoms with E-state index in [-0.39, 0.29) is 12.5 Å². The van der Waals surface area contributed by atoms with E-state index in [0.717, 1.165) is 5.56 Å². The molecule has 1 rings (SSSR count). The zero-order chi connectivity index (χ0) is 15.5. The molecule has 0 saturated carbocycles. The SMILES string of the molecule is CN=C(NCC(=O)NCCOC)NCc1ccccc1Cl. The van der Waals surface area contributed by atoms with Gasteiger partial charge in [-0.25, -0.2) is 0 Å². The number of carbonyl (C=O) groups excluding carboxylic acids is 1. The Hall–Kier alpha value is -1.79. The van der Waals surface area contributed by atoms with Crippen LogP contribution in [0.5, 0.6) is 0 Å². The Balaban J connectivity index is 2.33. The second-order valence-electron chi connectivity index (χ2n) is 4.21. The molecule has 7 heteroatoms. The number of hydrogen-bond donors (Lipinski definition) is 3. The van der Waals surface area contributed by atoms with Crippen molar-refractivity contribution in [2.45, 2.75) is 6.54 Å². The van der Waals surface area contributed by atoms with E-state index in [0.29, 0.717) is 30.7 Å². The van der Waals surface area contributed by atoms with Crippen LogP contribution in [0.1, 0.15) is 5.56 Å². The largest absolute Gasteiger partial charge is 0.383 e. The molecule has 3 N–H and O–H groups in total. The van der Waals surface area contributed by atoms with Crippen molar-refractivity contribution in [1.29, 1.82) is 0 Å². The van der Waals surface area contributed by atoms with Gasteiger partial charge in [-0.2, -0.15) is 0 Å². The van der Waals surface area contributed by atoms with E-state index in [4.69, 9.17) is 16.3 Å². The highest BCUT2D eigenvalue weighted by Crippen LogP contribution is 2.13. The predicted molar refractivity (Wildman–Crippen MR) is 84.5 cm³/mol. The Kier molecular flexibility index (Phi) is 8.23. The molecule has 0 aliphatic carbocycles. The normalized spacial score (nSPS) is 11.1. The summed E-state index contributed by atoms with van der Waals surface area (Å²) in [5.74, 6) is 0.421. The monoisotopic (exact) mass is 312 g/mol. The Morgan fingerprint density at radius 3 is 2.71 bits per heavy atom. The van der Waals surface area contributed by atoms with Crippen LogP contribution in [0.3, 0.4) is 0 Å². The third kappa shape index (κ3) is 6.97. The first-order valence-corrected chi connectivity index (χ1v) is 6.98. The van der Waals surface area contributed by atoms with Crippen LogP contribution < -0.4 is 16.0 Å². The van der Waals surface area contributed by atoms with Crippen molar-refractivity contribution in [2.24, 2.45) is 4.99 Å². The van der Waals surface area contributed by atoms with E-state index < -0.39 is 0 Å². The summed E-state index contributed by atoms with van der Waals surface area (Å²) in [7, 11) is 3.23. The molecule has 0 spiro atoms. The van der Waals surface area contributed by atoms with Gasteiger partial charge in [0.2, 0.25) is 5.91 Å². The first-order chi connectivity index (χ1) is 10.2. The van der Waals surface area contributed by atoms with E-state index in [2.05, 4.69) is 20.9 Å². The maximum atomic E-state index is 11.5. The molecule has 1 amide bonds. The zero-order valence-electron chi connectivity index (χ0n) is 12.3. The van der Waals surface area contributed by atoms with Crippen LogP contribution in [0, 0.1) is 0 Å². The number of methoxy groups -OCH3 is 1. The maximum absolute atomic E-state index is 11.5. The number of aliphatic imine (C=N–C) groups is 1. The van der Waals surface area contributed by atoms with Crippen LogP contribution in [0.15, 0.2) is 29.3 Å². The third-order valence-electron chi connectivity index (χ3n) is 2.67. The summed E-state index contributed by atoms with van der Waals surface area (Å²) in [5.41, 5.74) is 0.965. The number of halogens is 1. The van der Waals surface area contributed by atoms with Crippen LogP contribution in [0.4, 0.5) is 0 Å². The lowest BCUT2D eigenvalue weighted by Gasteiger charge is -2.12. The van der Waals surface area contributed by atoms with Crippen molar-refractivity contribution in [3.63, 3.8) is 0 Å². The Morgan fingerprint density at radius 2 is 2.05 bits per heavy atom. The van der Waals surface area contributed by atoms with Gasteiger partial charge in [-0.15, -0.1) is 0 Å².